The molecule has 3 aromatic heterocycles. The summed E-state index contributed by atoms with van der Waals surface area (Å²) in [7, 11) is 2.12. The van der Waals surface area contributed by atoms with E-state index in [4.69, 9.17) is 4.98 Å². The third kappa shape index (κ3) is 2.23. The fraction of sp³-hybridized carbons (Fsp3) is 0.130. The first-order valence-electron chi connectivity index (χ1n) is 9.17. The van der Waals surface area contributed by atoms with Gasteiger partial charge < -0.3 is 0 Å². The fourth-order valence-electron chi connectivity index (χ4n) is 3.94. The van der Waals surface area contributed by atoms with Gasteiger partial charge in [-0.05, 0) is 38.1 Å². The maximum Gasteiger partial charge on any atom is 0.312 e. The van der Waals surface area contributed by atoms with Crippen molar-refractivity contribution in [2.75, 3.05) is 0 Å². The molecular formula is C23H21N4+. The largest absolute Gasteiger partial charge is 0.312 e. The van der Waals surface area contributed by atoms with Gasteiger partial charge in [0, 0.05) is 11.6 Å². The molecule has 0 spiro atoms. The molecule has 0 aliphatic carbocycles. The van der Waals surface area contributed by atoms with Gasteiger partial charge in [0.05, 0.1) is 23.8 Å². The van der Waals surface area contributed by atoms with Crippen molar-refractivity contribution in [1.29, 1.82) is 0 Å². The van der Waals surface area contributed by atoms with E-state index in [2.05, 4.69) is 95.1 Å². The van der Waals surface area contributed by atoms with E-state index < -0.39 is 0 Å². The normalized spacial score (nSPS) is 11.5. The number of para-hydroxylation sites is 2. The number of rotatable bonds is 2. The van der Waals surface area contributed by atoms with Crippen molar-refractivity contribution in [1.82, 2.24) is 14.0 Å². The molecule has 0 saturated carbocycles. The highest BCUT2D eigenvalue weighted by atomic mass is 15.3. The minimum atomic E-state index is 0.951. The quantitative estimate of drug-likeness (QED) is 0.432. The van der Waals surface area contributed by atoms with Crippen LogP contribution in [0.3, 0.4) is 0 Å². The van der Waals surface area contributed by atoms with Gasteiger partial charge in [0.15, 0.2) is 0 Å². The number of hydrogen-bond donors (Lipinski definition) is 0. The molecule has 0 amide bonds. The Kier molecular flexibility index (Phi) is 3.41. The van der Waals surface area contributed by atoms with E-state index in [0.717, 1.165) is 22.6 Å². The molecule has 4 nitrogen and oxygen atoms in total. The average Bonchev–Trinajstić information content (AvgIpc) is 3.18. The van der Waals surface area contributed by atoms with Gasteiger partial charge in [-0.2, -0.15) is 9.55 Å². The molecule has 5 rings (SSSR count). The second-order valence-electron chi connectivity index (χ2n) is 6.94. The summed E-state index contributed by atoms with van der Waals surface area (Å²) in [4.78, 5) is 4.93. The molecule has 2 aromatic carbocycles. The maximum absolute atomic E-state index is 4.93. The highest BCUT2D eigenvalue weighted by molar-refractivity contribution is 5.80. The molecule has 132 valence electrons. The lowest BCUT2D eigenvalue weighted by atomic mass is 10.1. The SMILES string of the molecule is Cc1c(C)n2c3ccccc3nc2n1-c1cccc(-c2ccccc2)[n+]1C. The summed E-state index contributed by atoms with van der Waals surface area (Å²) in [6.45, 7) is 4.32. The smallest absolute Gasteiger partial charge is 0.259 e. The average molecular weight is 353 g/mol. The van der Waals surface area contributed by atoms with Crippen molar-refractivity contribution >= 4 is 16.8 Å². The number of fused-ring (bicyclic) bond motifs is 3. The lowest BCUT2D eigenvalue weighted by Crippen LogP contribution is -2.36. The predicted molar refractivity (Wildman–Crippen MR) is 108 cm³/mol. The van der Waals surface area contributed by atoms with Crippen molar-refractivity contribution in [3.8, 4) is 17.1 Å². The summed E-state index contributed by atoms with van der Waals surface area (Å²) in [5.41, 5.74) is 6.95. The number of aryl methyl sites for hydroxylation is 1. The number of hydrogen-bond acceptors (Lipinski definition) is 1. The Bertz CT molecular complexity index is 1290. The van der Waals surface area contributed by atoms with Crippen LogP contribution in [0.25, 0.3) is 33.9 Å². The first-order chi connectivity index (χ1) is 13.2. The molecule has 4 heteroatoms. The van der Waals surface area contributed by atoms with Crippen LogP contribution in [-0.2, 0) is 7.05 Å². The Morgan fingerprint density at radius 3 is 2.33 bits per heavy atom. The van der Waals surface area contributed by atoms with E-state index >= 15 is 0 Å². The molecule has 0 N–H and O–H groups in total. The summed E-state index contributed by atoms with van der Waals surface area (Å²) in [5.74, 6) is 2.05. The summed E-state index contributed by atoms with van der Waals surface area (Å²) in [6, 6.07) is 25.2. The van der Waals surface area contributed by atoms with E-state index in [9.17, 15) is 0 Å². The molecule has 0 atom stereocenters. The topological polar surface area (TPSA) is 26.1 Å². The number of nitrogens with zero attached hydrogens (tertiary/aromatic N) is 4. The van der Waals surface area contributed by atoms with Crippen molar-refractivity contribution in [3.05, 3.63) is 84.2 Å². The number of pyridine rings is 1. The van der Waals surface area contributed by atoms with Gasteiger partial charge in [-0.15, -0.1) is 0 Å². The summed E-state index contributed by atoms with van der Waals surface area (Å²) >= 11 is 0. The molecule has 27 heavy (non-hydrogen) atoms. The van der Waals surface area contributed by atoms with Crippen LogP contribution >= 0.6 is 0 Å². The molecule has 3 heterocycles. The number of aromatic nitrogens is 4. The first-order valence-corrected chi connectivity index (χ1v) is 9.17. The van der Waals surface area contributed by atoms with Gasteiger partial charge in [-0.1, -0.05) is 42.5 Å². The van der Waals surface area contributed by atoms with Crippen LogP contribution < -0.4 is 4.57 Å². The van der Waals surface area contributed by atoms with E-state index in [0.29, 0.717) is 0 Å². The molecule has 0 aliphatic heterocycles. The van der Waals surface area contributed by atoms with Crippen molar-refractivity contribution in [2.24, 2.45) is 7.05 Å². The van der Waals surface area contributed by atoms with Crippen LogP contribution in [0.5, 0.6) is 0 Å². The zero-order valence-electron chi connectivity index (χ0n) is 15.7. The van der Waals surface area contributed by atoms with Gasteiger partial charge in [0.1, 0.15) is 11.4 Å². The van der Waals surface area contributed by atoms with E-state index in [1.54, 1.807) is 0 Å². The molecule has 0 aliphatic rings. The standard InChI is InChI=1S/C23H21N4/c1-16-17(2)27(23-24-19-12-7-8-13-21(19)26(16)23)22-15-9-14-20(25(22)3)18-10-5-4-6-11-18/h4-15H,1-3H3/q+1. The Balaban J connectivity index is 1.84. The van der Waals surface area contributed by atoms with Gasteiger partial charge in [0.25, 0.3) is 5.82 Å². The molecule has 0 saturated heterocycles. The zero-order chi connectivity index (χ0) is 18.5. The van der Waals surface area contributed by atoms with E-state index in [-0.39, 0.29) is 0 Å². The fourth-order valence-corrected chi connectivity index (χ4v) is 3.94. The summed E-state index contributed by atoms with van der Waals surface area (Å²) in [5, 5.41) is 0. The van der Waals surface area contributed by atoms with Crippen molar-refractivity contribution in [2.45, 2.75) is 13.8 Å². The highest BCUT2D eigenvalue weighted by Gasteiger charge is 2.25. The van der Waals surface area contributed by atoms with Gasteiger partial charge >= 0.3 is 5.78 Å². The third-order valence-corrected chi connectivity index (χ3v) is 5.44. The van der Waals surface area contributed by atoms with Gasteiger partial charge in [-0.25, -0.2) is 4.57 Å². The van der Waals surface area contributed by atoms with Crippen molar-refractivity contribution in [3.63, 3.8) is 0 Å². The van der Waals surface area contributed by atoms with Crippen LogP contribution in [0, 0.1) is 13.8 Å². The van der Waals surface area contributed by atoms with Crippen LogP contribution in [0.15, 0.2) is 72.8 Å². The summed E-state index contributed by atoms with van der Waals surface area (Å²) < 4.78 is 6.74. The Labute approximate surface area is 158 Å². The highest BCUT2D eigenvalue weighted by Crippen LogP contribution is 2.26. The minimum absolute atomic E-state index is 0.951. The van der Waals surface area contributed by atoms with Crippen LogP contribution in [0.2, 0.25) is 0 Å². The van der Waals surface area contributed by atoms with Crippen LogP contribution in [0.4, 0.5) is 0 Å². The van der Waals surface area contributed by atoms with Crippen molar-refractivity contribution < 1.29 is 4.57 Å². The Morgan fingerprint density at radius 1 is 0.778 bits per heavy atom. The number of imidazole rings is 2. The maximum atomic E-state index is 4.93. The minimum Gasteiger partial charge on any atom is -0.259 e. The Hall–Kier alpha value is -3.40. The third-order valence-electron chi connectivity index (χ3n) is 5.44. The lowest BCUT2D eigenvalue weighted by Gasteiger charge is -2.08. The van der Waals surface area contributed by atoms with E-state index in [1.807, 2.05) is 12.1 Å². The van der Waals surface area contributed by atoms with Crippen LogP contribution in [0.1, 0.15) is 11.4 Å². The van der Waals surface area contributed by atoms with E-state index in [1.165, 1.54) is 22.6 Å². The Morgan fingerprint density at radius 2 is 1.52 bits per heavy atom. The number of benzene rings is 2. The molecular weight excluding hydrogens is 332 g/mol. The summed E-state index contributed by atoms with van der Waals surface area (Å²) in [6.07, 6.45) is 0. The second kappa shape index (κ2) is 5.81. The zero-order valence-corrected chi connectivity index (χ0v) is 15.7. The monoisotopic (exact) mass is 353 g/mol. The van der Waals surface area contributed by atoms with Gasteiger partial charge in [-0.3, -0.25) is 4.40 Å². The second-order valence-corrected chi connectivity index (χ2v) is 6.94. The molecule has 5 aromatic rings. The van der Waals surface area contributed by atoms with Crippen LogP contribution in [-0.4, -0.2) is 14.0 Å². The first kappa shape index (κ1) is 15.8. The molecule has 0 unspecified atom stereocenters. The molecule has 0 radical (unpaired) electrons. The lowest BCUT2D eigenvalue weighted by molar-refractivity contribution is -0.654. The van der Waals surface area contributed by atoms with Gasteiger partial charge in [0.2, 0.25) is 0 Å². The predicted octanol–water partition coefficient (Wildman–Crippen LogP) is 4.39. The molecule has 0 fully saturated rings. The molecule has 0 bridgehead atoms.